The summed E-state index contributed by atoms with van der Waals surface area (Å²) < 4.78 is 10.9. The maximum atomic E-state index is 5.68. The lowest BCUT2D eigenvalue weighted by Crippen LogP contribution is -1.91. The normalized spacial score (nSPS) is 10.2. The number of para-hydroxylation sites is 1. The van der Waals surface area contributed by atoms with Crippen molar-refractivity contribution in [1.82, 2.24) is 0 Å². The first-order chi connectivity index (χ1) is 8.38. The third kappa shape index (κ3) is 3.61. The van der Waals surface area contributed by atoms with E-state index in [1.807, 2.05) is 54.6 Å². The molecule has 0 fully saturated rings. The van der Waals surface area contributed by atoms with Crippen molar-refractivity contribution in [3.05, 3.63) is 67.1 Å². The summed E-state index contributed by atoms with van der Waals surface area (Å²) in [5.41, 5.74) is 1.12. The molecule has 0 unspecified atom stereocenters. The van der Waals surface area contributed by atoms with Crippen molar-refractivity contribution in [2.45, 2.75) is 6.61 Å². The van der Waals surface area contributed by atoms with Gasteiger partial charge >= 0.3 is 0 Å². The summed E-state index contributed by atoms with van der Waals surface area (Å²) in [4.78, 5) is 0. The van der Waals surface area contributed by atoms with Crippen LogP contribution in [0.5, 0.6) is 11.5 Å². The molecule has 2 heteroatoms. The number of hydrogen-bond donors (Lipinski definition) is 0. The average Bonchev–Trinajstić information content (AvgIpc) is 2.39. The van der Waals surface area contributed by atoms with Crippen LogP contribution in [-0.4, -0.2) is 6.61 Å². The summed E-state index contributed by atoms with van der Waals surface area (Å²) in [5, 5.41) is 0. The molecule has 0 spiro atoms. The van der Waals surface area contributed by atoms with Gasteiger partial charge < -0.3 is 9.47 Å². The Morgan fingerprint density at radius 2 is 1.47 bits per heavy atom. The van der Waals surface area contributed by atoms with E-state index in [1.165, 1.54) is 0 Å². The van der Waals surface area contributed by atoms with Gasteiger partial charge in [-0.1, -0.05) is 30.3 Å². The van der Waals surface area contributed by atoms with Crippen molar-refractivity contribution < 1.29 is 9.47 Å². The minimum atomic E-state index is 0.488. The van der Waals surface area contributed by atoms with Gasteiger partial charge in [-0.15, -0.1) is 0 Å². The Labute approximate surface area is 102 Å². The van der Waals surface area contributed by atoms with E-state index in [4.69, 9.17) is 9.47 Å². The Morgan fingerprint density at radius 1 is 0.824 bits per heavy atom. The molecule has 0 amide bonds. The van der Waals surface area contributed by atoms with Crippen molar-refractivity contribution in [3.8, 4) is 11.5 Å². The van der Waals surface area contributed by atoms with E-state index in [-0.39, 0.29) is 0 Å². The van der Waals surface area contributed by atoms with Gasteiger partial charge in [-0.25, -0.2) is 0 Å². The molecule has 2 rings (SSSR count). The lowest BCUT2D eigenvalue weighted by atomic mass is 10.2. The third-order valence-corrected chi connectivity index (χ3v) is 2.32. The molecule has 0 saturated carbocycles. The Bertz CT molecular complexity index is 434. The zero-order chi connectivity index (χ0) is 11.9. The smallest absolute Gasteiger partial charge is 0.127 e. The predicted molar refractivity (Wildman–Crippen MR) is 68.0 cm³/mol. The quantitative estimate of drug-likeness (QED) is 0.772. The average molecular weight is 227 g/mol. The molecule has 0 N–H and O–H groups in total. The van der Waals surface area contributed by atoms with Crippen molar-refractivity contribution >= 4 is 0 Å². The van der Waals surface area contributed by atoms with Crippen molar-refractivity contribution in [2.75, 3.05) is 6.61 Å². The molecular weight excluding hydrogens is 212 g/mol. The van der Waals surface area contributed by atoms with E-state index >= 15 is 0 Å². The zero-order valence-corrected chi connectivity index (χ0v) is 9.63. The van der Waals surface area contributed by atoms with Crippen molar-refractivity contribution in [1.29, 1.82) is 0 Å². The van der Waals surface area contributed by atoms with Gasteiger partial charge in [0, 0.05) is 6.61 Å². The highest BCUT2D eigenvalue weighted by atomic mass is 16.5. The summed E-state index contributed by atoms with van der Waals surface area (Å²) in [6.45, 7) is 4.71. The Hall–Kier alpha value is -1.80. The molecule has 2 aromatic rings. The fourth-order valence-corrected chi connectivity index (χ4v) is 1.47. The second kappa shape index (κ2) is 6.06. The molecule has 0 bridgehead atoms. The second-order valence-electron chi connectivity index (χ2n) is 3.61. The molecule has 2 nitrogen and oxygen atoms in total. The highest BCUT2D eigenvalue weighted by Gasteiger charge is 1.97. The van der Waals surface area contributed by atoms with E-state index in [0.29, 0.717) is 13.2 Å². The van der Waals surface area contributed by atoms with Crippen molar-refractivity contribution in [2.24, 2.45) is 0 Å². The van der Waals surface area contributed by atoms with Crippen LogP contribution in [0.1, 0.15) is 5.56 Å². The van der Waals surface area contributed by atoms with Gasteiger partial charge in [0.25, 0.3) is 0 Å². The maximum absolute atomic E-state index is 5.68. The van der Waals surface area contributed by atoms with Crippen LogP contribution in [-0.2, 0) is 11.3 Å². The van der Waals surface area contributed by atoms with E-state index in [0.717, 1.165) is 17.1 Å². The topological polar surface area (TPSA) is 18.5 Å². The van der Waals surface area contributed by atoms with Crippen LogP contribution >= 0.6 is 0 Å². The minimum Gasteiger partial charge on any atom is -0.457 e. The number of ether oxygens (including phenoxy) is 2. The van der Waals surface area contributed by atoms with Gasteiger partial charge in [-0.3, -0.25) is 0 Å². The van der Waals surface area contributed by atoms with Crippen LogP contribution in [0.3, 0.4) is 0 Å². The predicted octanol–water partition coefficient (Wildman–Crippen LogP) is 3.83. The highest BCUT2D eigenvalue weighted by molar-refractivity contribution is 5.32. The van der Waals surface area contributed by atoms with Gasteiger partial charge in [0.05, 0.1) is 6.61 Å². The fourth-order valence-electron chi connectivity index (χ4n) is 1.47. The molecule has 2 aromatic carbocycles. The zero-order valence-electron chi connectivity index (χ0n) is 9.63. The monoisotopic (exact) mass is 227 g/mol. The first-order valence-electron chi connectivity index (χ1n) is 5.57. The van der Waals surface area contributed by atoms with Crippen LogP contribution < -0.4 is 4.74 Å². The molecular formula is C15H15O2. The molecule has 0 aliphatic rings. The lowest BCUT2D eigenvalue weighted by Gasteiger charge is -2.06. The highest BCUT2D eigenvalue weighted by Crippen LogP contribution is 2.21. The largest absolute Gasteiger partial charge is 0.457 e. The van der Waals surface area contributed by atoms with Crippen LogP contribution in [0.25, 0.3) is 0 Å². The van der Waals surface area contributed by atoms with Crippen LogP contribution in [0.15, 0.2) is 54.6 Å². The fraction of sp³-hybridized carbons (Fsp3) is 0.133. The molecule has 87 valence electrons. The van der Waals surface area contributed by atoms with Gasteiger partial charge in [0.2, 0.25) is 0 Å². The lowest BCUT2D eigenvalue weighted by molar-refractivity contribution is 0.147. The molecule has 0 heterocycles. The molecule has 17 heavy (non-hydrogen) atoms. The molecule has 0 aliphatic carbocycles. The SMILES string of the molecule is [CH2]COCc1ccc(Oc2ccccc2)cc1. The summed E-state index contributed by atoms with van der Waals surface area (Å²) in [6, 6.07) is 17.6. The molecule has 0 atom stereocenters. The van der Waals surface area contributed by atoms with Gasteiger partial charge in [-0.05, 0) is 36.8 Å². The van der Waals surface area contributed by atoms with E-state index < -0.39 is 0 Å². The Kier molecular flexibility index (Phi) is 4.17. The molecule has 0 aliphatic heterocycles. The van der Waals surface area contributed by atoms with E-state index in [2.05, 4.69) is 6.92 Å². The van der Waals surface area contributed by atoms with Crippen LogP contribution in [0.2, 0.25) is 0 Å². The third-order valence-electron chi connectivity index (χ3n) is 2.32. The van der Waals surface area contributed by atoms with Crippen LogP contribution in [0, 0.1) is 6.92 Å². The first-order valence-corrected chi connectivity index (χ1v) is 5.57. The number of benzene rings is 2. The van der Waals surface area contributed by atoms with Gasteiger partial charge in [0.15, 0.2) is 0 Å². The molecule has 0 saturated heterocycles. The van der Waals surface area contributed by atoms with Gasteiger partial charge in [0.1, 0.15) is 11.5 Å². The van der Waals surface area contributed by atoms with Crippen molar-refractivity contribution in [3.63, 3.8) is 0 Å². The van der Waals surface area contributed by atoms with Crippen LogP contribution in [0.4, 0.5) is 0 Å². The maximum Gasteiger partial charge on any atom is 0.127 e. The molecule has 1 radical (unpaired) electrons. The molecule has 0 aromatic heterocycles. The number of hydrogen-bond acceptors (Lipinski definition) is 2. The standard InChI is InChI=1S/C15H15O2/c1-2-16-12-13-8-10-15(11-9-13)17-14-6-4-3-5-7-14/h3-11H,1-2,12H2. The van der Waals surface area contributed by atoms with E-state index in [1.54, 1.807) is 0 Å². The minimum absolute atomic E-state index is 0.488. The van der Waals surface area contributed by atoms with E-state index in [9.17, 15) is 0 Å². The Morgan fingerprint density at radius 3 is 2.12 bits per heavy atom. The Balaban J connectivity index is 1.98. The second-order valence-corrected chi connectivity index (χ2v) is 3.61. The summed E-state index contributed by atoms with van der Waals surface area (Å²) >= 11 is 0. The summed E-state index contributed by atoms with van der Waals surface area (Å²) in [6.07, 6.45) is 0. The van der Waals surface area contributed by atoms with Gasteiger partial charge in [-0.2, -0.15) is 0 Å². The summed E-state index contributed by atoms with van der Waals surface area (Å²) in [7, 11) is 0. The number of rotatable bonds is 5. The summed E-state index contributed by atoms with van der Waals surface area (Å²) in [5.74, 6) is 1.67. The first kappa shape index (κ1) is 11.7.